The van der Waals surface area contributed by atoms with Crippen molar-refractivity contribution in [3.8, 4) is 22.5 Å². The van der Waals surface area contributed by atoms with E-state index in [4.69, 9.17) is 12.1 Å². The quantitative estimate of drug-likeness (QED) is 0.118. The Bertz CT molecular complexity index is 2500. The first kappa shape index (κ1) is 32.0. The van der Waals surface area contributed by atoms with Gasteiger partial charge in [0.25, 0.3) is 0 Å². The zero-order chi connectivity index (χ0) is 37.2. The van der Waals surface area contributed by atoms with Crippen LogP contribution < -0.4 is 5.19 Å². The van der Waals surface area contributed by atoms with Crippen LogP contribution in [0.15, 0.2) is 156 Å². The van der Waals surface area contributed by atoms with Gasteiger partial charge in [-0.3, -0.25) is 0 Å². The van der Waals surface area contributed by atoms with E-state index in [-0.39, 0.29) is 20.1 Å². The fourth-order valence-electron chi connectivity index (χ4n) is 6.12. The predicted molar refractivity (Wildman–Crippen MR) is 210 cm³/mol. The number of furan rings is 1. The Morgan fingerprint density at radius 1 is 0.725 bits per heavy atom. The maximum Gasteiger partial charge on any atom is 0.120 e. The molecule has 0 aliphatic heterocycles. The number of para-hydroxylation sites is 1. The molecule has 3 nitrogen and oxygen atoms in total. The van der Waals surface area contributed by atoms with Gasteiger partial charge in [0.2, 0.25) is 0 Å². The van der Waals surface area contributed by atoms with Gasteiger partial charge in [0.05, 0.1) is 13.7 Å². The van der Waals surface area contributed by atoms with E-state index < -0.39 is 20.3 Å². The van der Waals surface area contributed by atoms with Gasteiger partial charge in [0.15, 0.2) is 0 Å². The monoisotopic (exact) mass is 860 g/mol. The molecule has 0 fully saturated rings. The summed E-state index contributed by atoms with van der Waals surface area (Å²) >= 11 is 0. The molecule has 0 saturated carbocycles. The second-order valence-electron chi connectivity index (χ2n) is 13.2. The van der Waals surface area contributed by atoms with E-state index in [1.807, 2.05) is 122 Å². The number of rotatable bonds is 7. The van der Waals surface area contributed by atoms with Gasteiger partial charge in [-0.15, -0.1) is 54.1 Å². The minimum atomic E-state index is -1.64. The van der Waals surface area contributed by atoms with E-state index in [2.05, 4.69) is 42.8 Å². The van der Waals surface area contributed by atoms with Gasteiger partial charge in [-0.05, 0) is 57.3 Å². The van der Waals surface area contributed by atoms with E-state index in [0.29, 0.717) is 22.4 Å². The summed E-state index contributed by atoms with van der Waals surface area (Å²) in [5.74, 6) is -0.816. The third-order valence-electron chi connectivity index (χ3n) is 8.72. The molecule has 1 unspecified atom stereocenters. The summed E-state index contributed by atoms with van der Waals surface area (Å²) in [4.78, 5) is 9.18. The Balaban J connectivity index is 0.000000182. The molecule has 1 atom stereocenters. The van der Waals surface area contributed by atoms with Gasteiger partial charge in [0, 0.05) is 47.9 Å². The molecule has 51 heavy (non-hydrogen) atoms. The van der Waals surface area contributed by atoms with E-state index in [1.165, 1.54) is 5.19 Å². The van der Waals surface area contributed by atoms with Crippen molar-refractivity contribution in [3.05, 3.63) is 186 Å². The van der Waals surface area contributed by atoms with Crippen molar-refractivity contribution in [1.82, 2.24) is 9.97 Å². The third kappa shape index (κ3) is 8.18. The number of fused-ring (bicyclic) bond motifs is 3. The molecule has 0 N–H and O–H groups in total. The number of hydrogen-bond donors (Lipinski definition) is 0. The summed E-state index contributed by atoms with van der Waals surface area (Å²) in [6.45, 7) is 8.91. The molecule has 0 spiro atoms. The first-order valence-electron chi connectivity index (χ1n) is 18.3. The van der Waals surface area contributed by atoms with Crippen molar-refractivity contribution in [2.75, 3.05) is 0 Å². The summed E-state index contributed by atoms with van der Waals surface area (Å²) in [7, 11) is -1.64. The van der Waals surface area contributed by atoms with Gasteiger partial charge in [-0.2, -0.15) is 0 Å². The van der Waals surface area contributed by atoms with Crippen LogP contribution in [-0.4, -0.2) is 18.0 Å². The van der Waals surface area contributed by atoms with Crippen LogP contribution in [0.25, 0.3) is 44.5 Å². The van der Waals surface area contributed by atoms with E-state index in [1.54, 1.807) is 30.5 Å². The molecule has 0 aliphatic rings. The minimum Gasteiger partial charge on any atom is -0.501 e. The number of pyridine rings is 2. The second-order valence-corrected chi connectivity index (χ2v) is 18.3. The van der Waals surface area contributed by atoms with Crippen molar-refractivity contribution in [2.45, 2.75) is 38.8 Å². The molecule has 8 aromatic rings. The summed E-state index contributed by atoms with van der Waals surface area (Å²) in [6.07, 6.45) is 2.01. The standard InChI is InChI=1S/C24H16NO.C22H24NSi.Ir/c1-2-7-17(8-3-1)15-18-13-14-25-22(16-18)21-11-6-10-20-19-9-4-5-12-23(19)26-24(20)21;1-17(18-11-7-5-8-12-18)20-15-21(19-13-9-6-10-14-19)23-16-22(20)24(2,3)4;/h1-10,12-14,16H,15H2;5-13,15-17H,1-4H3;/q2*-1;/i15D2;17D;. The molecule has 3 heterocycles. The average molecular weight is 860 g/mol. The van der Waals surface area contributed by atoms with E-state index in [9.17, 15) is 1.37 Å². The zero-order valence-electron chi connectivity index (χ0n) is 32.1. The topological polar surface area (TPSA) is 38.9 Å². The van der Waals surface area contributed by atoms with Crippen LogP contribution in [0.2, 0.25) is 19.6 Å². The zero-order valence-corrected chi connectivity index (χ0v) is 32.5. The molecule has 255 valence electrons. The Kier molecular flexibility index (Phi) is 10.0. The van der Waals surface area contributed by atoms with Gasteiger partial charge >= 0.3 is 0 Å². The molecular weight excluding hydrogens is 817 g/mol. The van der Waals surface area contributed by atoms with Crippen LogP contribution >= 0.6 is 0 Å². The fraction of sp³-hybridized carbons (Fsp3) is 0.130. The SMILES string of the molecule is [2H]C(C)(c1ccccc1)c1cc(-c2[c-]cccc2)ncc1[Si](C)(C)C.[2H]C([2H])(c1ccccc1)c1ccnc(-c2[c-]ccc3c2oc2ccccc23)c1.[Ir]. The van der Waals surface area contributed by atoms with Gasteiger partial charge in [-0.1, -0.05) is 129 Å². The Hall–Kier alpha value is -4.93. The molecule has 0 amide bonds. The molecule has 5 aromatic carbocycles. The van der Waals surface area contributed by atoms with Crippen molar-refractivity contribution in [3.63, 3.8) is 0 Å². The van der Waals surface area contributed by atoms with Gasteiger partial charge in [0.1, 0.15) is 5.58 Å². The predicted octanol–water partition coefficient (Wildman–Crippen LogP) is 11.3. The number of benzene rings is 5. The maximum absolute atomic E-state index is 9.17. The van der Waals surface area contributed by atoms with Crippen LogP contribution in [0.5, 0.6) is 0 Å². The van der Waals surface area contributed by atoms with Crippen molar-refractivity contribution in [2.24, 2.45) is 0 Å². The largest absolute Gasteiger partial charge is 0.501 e. The maximum atomic E-state index is 9.17. The summed E-state index contributed by atoms with van der Waals surface area (Å²) in [5.41, 5.74) is 7.97. The third-order valence-corrected chi connectivity index (χ3v) is 10.7. The Labute approximate surface area is 320 Å². The van der Waals surface area contributed by atoms with Crippen molar-refractivity contribution < 1.29 is 28.6 Å². The van der Waals surface area contributed by atoms with E-state index in [0.717, 1.165) is 44.3 Å². The van der Waals surface area contributed by atoms with Crippen LogP contribution in [0, 0.1) is 12.1 Å². The average Bonchev–Trinajstić information content (AvgIpc) is 3.58. The molecule has 0 aliphatic carbocycles. The normalized spacial score (nSPS) is 13.5. The molecule has 0 bridgehead atoms. The number of nitrogens with zero attached hydrogens (tertiary/aromatic N) is 2. The smallest absolute Gasteiger partial charge is 0.120 e. The first-order chi connectivity index (χ1) is 25.4. The first-order valence-corrected chi connectivity index (χ1v) is 20.3. The number of aromatic nitrogens is 2. The molecule has 1 radical (unpaired) electrons. The van der Waals surface area contributed by atoms with Crippen LogP contribution in [0.4, 0.5) is 0 Å². The summed E-state index contributed by atoms with van der Waals surface area (Å²) in [6, 6.07) is 50.9. The molecular formula is C46H40IrN2OSi-2. The number of hydrogen-bond acceptors (Lipinski definition) is 3. The molecule has 3 aromatic heterocycles. The van der Waals surface area contributed by atoms with E-state index >= 15 is 0 Å². The van der Waals surface area contributed by atoms with Crippen molar-refractivity contribution >= 4 is 35.2 Å². The molecule has 0 saturated heterocycles. The second kappa shape index (κ2) is 16.0. The summed E-state index contributed by atoms with van der Waals surface area (Å²) in [5, 5.41) is 3.29. The van der Waals surface area contributed by atoms with Crippen LogP contribution in [0.3, 0.4) is 0 Å². The molecule has 5 heteroatoms. The Morgan fingerprint density at radius 3 is 2.20 bits per heavy atom. The van der Waals surface area contributed by atoms with Gasteiger partial charge in [-0.25, -0.2) is 0 Å². The Morgan fingerprint density at radius 2 is 1.45 bits per heavy atom. The van der Waals surface area contributed by atoms with Crippen LogP contribution in [0.1, 0.15) is 39.2 Å². The van der Waals surface area contributed by atoms with Gasteiger partial charge < -0.3 is 14.4 Å². The van der Waals surface area contributed by atoms with Crippen LogP contribution in [-0.2, 0) is 26.5 Å². The minimum absolute atomic E-state index is 0. The summed E-state index contributed by atoms with van der Waals surface area (Å²) < 4.78 is 32.5. The molecule has 8 rings (SSSR count). The fourth-order valence-corrected chi connectivity index (χ4v) is 7.64. The van der Waals surface area contributed by atoms with Crippen molar-refractivity contribution in [1.29, 1.82) is 0 Å².